The zero-order valence-electron chi connectivity index (χ0n) is 14.2. The zero-order valence-corrected chi connectivity index (χ0v) is 15.0. The van der Waals surface area contributed by atoms with Crippen LogP contribution in [0.5, 0.6) is 0 Å². The summed E-state index contributed by atoms with van der Waals surface area (Å²) in [5, 5.41) is 18.2. The predicted octanol–water partition coefficient (Wildman–Crippen LogP) is 3.12. The van der Waals surface area contributed by atoms with Gasteiger partial charge in [-0.05, 0) is 34.1 Å². The van der Waals surface area contributed by atoms with Crippen LogP contribution in [0.25, 0.3) is 0 Å². The van der Waals surface area contributed by atoms with Gasteiger partial charge in [0.05, 0.1) is 10.7 Å². The highest BCUT2D eigenvalue weighted by molar-refractivity contribution is 6.31. The molecule has 1 aromatic heterocycles. The van der Waals surface area contributed by atoms with Crippen molar-refractivity contribution in [3.8, 4) is 0 Å². The standard InChI is InChI=1S/C17H14ClFN6O3/c18-12-8-11(6-7-13(12)19)25(16(21)14-15(20)24-28-23-14)27-17(26)22-9-10-4-2-1-3-5-10/h1-8,21H,9H2,(H2,20,24)(H,22,26). The maximum absolute atomic E-state index is 13.5. The lowest BCUT2D eigenvalue weighted by Crippen LogP contribution is -2.38. The minimum Gasteiger partial charge on any atom is -0.379 e. The number of hydrogen-bond donors (Lipinski definition) is 3. The minimum absolute atomic E-state index is 0.0914. The number of rotatable bonds is 4. The van der Waals surface area contributed by atoms with Crippen molar-refractivity contribution in [3.63, 3.8) is 0 Å². The van der Waals surface area contributed by atoms with Crippen LogP contribution < -0.4 is 16.1 Å². The molecule has 1 amide bonds. The zero-order chi connectivity index (χ0) is 20.1. The summed E-state index contributed by atoms with van der Waals surface area (Å²) >= 11 is 5.80. The number of nitrogens with two attached hydrogens (primary N) is 1. The molecule has 0 fully saturated rings. The second-order valence-electron chi connectivity index (χ2n) is 5.46. The first-order valence-corrected chi connectivity index (χ1v) is 8.25. The predicted molar refractivity (Wildman–Crippen MR) is 99.2 cm³/mol. The van der Waals surface area contributed by atoms with Gasteiger partial charge in [-0.3, -0.25) is 5.41 Å². The van der Waals surface area contributed by atoms with E-state index >= 15 is 0 Å². The quantitative estimate of drug-likeness (QED) is 0.346. The van der Waals surface area contributed by atoms with Gasteiger partial charge >= 0.3 is 6.09 Å². The normalized spacial score (nSPS) is 10.4. The van der Waals surface area contributed by atoms with E-state index in [1.165, 1.54) is 12.1 Å². The fourth-order valence-corrected chi connectivity index (χ4v) is 2.35. The molecule has 0 bridgehead atoms. The third-order valence-corrected chi connectivity index (χ3v) is 3.82. The molecule has 3 aromatic rings. The van der Waals surface area contributed by atoms with E-state index in [0.29, 0.717) is 0 Å². The van der Waals surface area contributed by atoms with Crippen LogP contribution in [-0.2, 0) is 11.4 Å². The molecule has 0 spiro atoms. The lowest BCUT2D eigenvalue weighted by molar-refractivity contribution is 0.149. The minimum atomic E-state index is -0.871. The van der Waals surface area contributed by atoms with Gasteiger partial charge in [-0.15, -0.1) is 0 Å². The second-order valence-corrected chi connectivity index (χ2v) is 5.86. The van der Waals surface area contributed by atoms with Crippen LogP contribution in [0.2, 0.25) is 5.02 Å². The highest BCUT2D eigenvalue weighted by atomic mass is 35.5. The molecule has 2 aromatic carbocycles. The number of anilines is 2. The molecule has 9 nitrogen and oxygen atoms in total. The Morgan fingerprint density at radius 3 is 2.68 bits per heavy atom. The molecular formula is C17H14ClFN6O3. The largest absolute Gasteiger partial charge is 0.432 e. The number of carbonyl (C=O) groups is 1. The van der Waals surface area contributed by atoms with Gasteiger partial charge in [0.2, 0.25) is 0 Å². The van der Waals surface area contributed by atoms with E-state index in [1.807, 2.05) is 30.3 Å². The van der Waals surface area contributed by atoms with E-state index in [9.17, 15) is 9.18 Å². The third-order valence-electron chi connectivity index (χ3n) is 3.53. The monoisotopic (exact) mass is 404 g/mol. The van der Waals surface area contributed by atoms with E-state index in [1.54, 1.807) is 0 Å². The van der Waals surface area contributed by atoms with E-state index in [0.717, 1.165) is 16.7 Å². The second kappa shape index (κ2) is 8.35. The molecule has 0 saturated carbocycles. The summed E-state index contributed by atoms with van der Waals surface area (Å²) < 4.78 is 18.0. The summed E-state index contributed by atoms with van der Waals surface area (Å²) in [7, 11) is 0. The van der Waals surface area contributed by atoms with Gasteiger partial charge in [-0.1, -0.05) is 41.9 Å². The molecule has 0 radical (unpaired) electrons. The van der Waals surface area contributed by atoms with Gasteiger partial charge in [0.25, 0.3) is 0 Å². The van der Waals surface area contributed by atoms with Gasteiger partial charge in [0.15, 0.2) is 17.3 Å². The van der Waals surface area contributed by atoms with Crippen molar-refractivity contribution < 1.29 is 18.7 Å². The lowest BCUT2D eigenvalue weighted by Gasteiger charge is -2.22. The van der Waals surface area contributed by atoms with Crippen molar-refractivity contribution in [1.82, 2.24) is 15.6 Å². The number of hydrogen-bond acceptors (Lipinski definition) is 7. The molecule has 144 valence electrons. The highest BCUT2D eigenvalue weighted by Crippen LogP contribution is 2.25. The highest BCUT2D eigenvalue weighted by Gasteiger charge is 2.25. The van der Waals surface area contributed by atoms with E-state index in [-0.39, 0.29) is 28.8 Å². The van der Waals surface area contributed by atoms with Crippen molar-refractivity contribution in [3.05, 3.63) is 70.6 Å². The Kier molecular flexibility index (Phi) is 5.70. The molecule has 4 N–H and O–H groups in total. The lowest BCUT2D eigenvalue weighted by atomic mass is 10.2. The molecule has 0 aliphatic heterocycles. The van der Waals surface area contributed by atoms with Gasteiger partial charge < -0.3 is 15.9 Å². The molecular weight excluding hydrogens is 391 g/mol. The van der Waals surface area contributed by atoms with Gasteiger partial charge in [0, 0.05) is 6.54 Å². The Morgan fingerprint density at radius 1 is 1.29 bits per heavy atom. The Labute approximate surface area is 163 Å². The van der Waals surface area contributed by atoms with Crippen LogP contribution in [0.1, 0.15) is 11.3 Å². The van der Waals surface area contributed by atoms with E-state index in [2.05, 4.69) is 20.3 Å². The van der Waals surface area contributed by atoms with E-state index in [4.69, 9.17) is 27.6 Å². The molecule has 1 heterocycles. The van der Waals surface area contributed by atoms with Crippen LogP contribution in [-0.4, -0.2) is 22.2 Å². The SMILES string of the molecule is N=C(c1nonc1N)N(OC(=O)NCc1ccccc1)c1ccc(F)c(Cl)c1. The Hall–Kier alpha value is -3.66. The van der Waals surface area contributed by atoms with Crippen LogP contribution in [0.15, 0.2) is 53.2 Å². The molecule has 28 heavy (non-hydrogen) atoms. The molecule has 0 saturated heterocycles. The average Bonchev–Trinajstić information content (AvgIpc) is 3.13. The number of nitrogens with one attached hydrogen (secondary N) is 2. The number of benzene rings is 2. The van der Waals surface area contributed by atoms with E-state index < -0.39 is 17.7 Å². The molecule has 3 rings (SSSR count). The maximum atomic E-state index is 13.5. The number of hydroxylamine groups is 1. The number of nitrogens with zero attached hydrogens (tertiary/aromatic N) is 3. The molecule has 11 heteroatoms. The topological polar surface area (TPSA) is 130 Å². The van der Waals surface area contributed by atoms with Crippen LogP contribution in [0.4, 0.5) is 20.7 Å². The van der Waals surface area contributed by atoms with Crippen molar-refractivity contribution >= 4 is 35.0 Å². The molecule has 0 aliphatic rings. The van der Waals surface area contributed by atoms with Crippen molar-refractivity contribution in [1.29, 1.82) is 5.41 Å². The summed E-state index contributed by atoms with van der Waals surface area (Å²) in [4.78, 5) is 17.4. The number of nitrogen functional groups attached to an aromatic ring is 1. The van der Waals surface area contributed by atoms with Crippen LogP contribution in [0, 0.1) is 11.2 Å². The Balaban J connectivity index is 1.81. The summed E-state index contributed by atoms with van der Waals surface area (Å²) in [6.07, 6.45) is -0.871. The van der Waals surface area contributed by atoms with Gasteiger partial charge in [0.1, 0.15) is 5.82 Å². The fourth-order valence-electron chi connectivity index (χ4n) is 2.18. The van der Waals surface area contributed by atoms with Gasteiger partial charge in [-0.2, -0.15) is 5.06 Å². The van der Waals surface area contributed by atoms with Crippen molar-refractivity contribution in [2.24, 2.45) is 0 Å². The van der Waals surface area contributed by atoms with Crippen LogP contribution >= 0.6 is 11.6 Å². The number of halogens is 2. The summed E-state index contributed by atoms with van der Waals surface area (Å²) in [5.74, 6) is -1.32. The smallest absolute Gasteiger partial charge is 0.379 e. The maximum Gasteiger partial charge on any atom is 0.432 e. The molecule has 0 unspecified atom stereocenters. The number of carbonyl (C=O) groups excluding carboxylic acids is 1. The summed E-state index contributed by atoms with van der Waals surface area (Å²) in [5.41, 5.74) is 6.36. The van der Waals surface area contributed by atoms with Crippen molar-refractivity contribution in [2.75, 3.05) is 10.8 Å². The Bertz CT molecular complexity index is 998. The first kappa shape index (κ1) is 19.1. The summed E-state index contributed by atoms with van der Waals surface area (Å²) in [6, 6.07) is 12.6. The van der Waals surface area contributed by atoms with Crippen molar-refractivity contribution in [2.45, 2.75) is 6.54 Å². The van der Waals surface area contributed by atoms with Gasteiger partial charge in [-0.25, -0.2) is 13.8 Å². The first-order valence-electron chi connectivity index (χ1n) is 7.87. The fraction of sp³-hybridized carbons (Fsp3) is 0.0588. The molecule has 0 aliphatic carbocycles. The number of aromatic nitrogens is 2. The number of amidine groups is 1. The Morgan fingerprint density at radius 2 is 2.04 bits per heavy atom. The first-order chi connectivity index (χ1) is 13.5. The number of amides is 1. The third kappa shape index (κ3) is 4.35. The summed E-state index contributed by atoms with van der Waals surface area (Å²) in [6.45, 7) is 0.193. The van der Waals surface area contributed by atoms with Crippen LogP contribution in [0.3, 0.4) is 0 Å². The average molecular weight is 405 g/mol. The molecule has 0 atom stereocenters.